The Balaban J connectivity index is 2.09. The van der Waals surface area contributed by atoms with Gasteiger partial charge in [-0.3, -0.25) is 0 Å². The van der Waals surface area contributed by atoms with Crippen LogP contribution in [0, 0.1) is 11.8 Å². The number of rotatable bonds is 3. The van der Waals surface area contributed by atoms with E-state index in [1.165, 1.54) is 5.69 Å². The molecule has 1 fully saturated rings. The minimum atomic E-state index is 0.407. The van der Waals surface area contributed by atoms with Gasteiger partial charge in [0.1, 0.15) is 5.04 Å². The second kappa shape index (κ2) is 4.91. The van der Waals surface area contributed by atoms with Crippen molar-refractivity contribution in [2.45, 2.75) is 19.8 Å². The van der Waals surface area contributed by atoms with E-state index in [0.29, 0.717) is 11.8 Å². The van der Waals surface area contributed by atoms with Crippen LogP contribution in [0.4, 0.5) is 0 Å². The highest BCUT2D eigenvalue weighted by Crippen LogP contribution is 2.36. The minimum Gasteiger partial charge on any atom is -0.410 e. The first-order valence-corrected chi connectivity index (χ1v) is 6.54. The monoisotopic (exact) mass is 239 g/mol. The molecule has 0 aromatic carbocycles. The average Bonchev–Trinajstić information content (AvgIpc) is 2.86. The molecule has 0 bridgehead atoms. The summed E-state index contributed by atoms with van der Waals surface area (Å²) in [6.07, 6.45) is 5.81. The number of nitrogens with zero attached hydrogens (tertiary/aromatic N) is 3. The number of aryl methyl sites for hydroxylation is 1. The standard InChI is InChI=1S/C11H17N3OS/c1-3-10-8(6-16-11(10)13-15)4-9-5-12-7-14(9)2/h5,7-8,10,15H,3-4,6H2,1-2H3/t8?,10-/m1/s1. The van der Waals surface area contributed by atoms with Crippen molar-refractivity contribution in [1.29, 1.82) is 0 Å². The zero-order valence-electron chi connectivity index (χ0n) is 9.63. The minimum absolute atomic E-state index is 0.407. The van der Waals surface area contributed by atoms with E-state index in [-0.39, 0.29) is 0 Å². The Hall–Kier alpha value is -0.970. The third-order valence-electron chi connectivity index (χ3n) is 3.26. The molecule has 2 rings (SSSR count). The summed E-state index contributed by atoms with van der Waals surface area (Å²) in [7, 11) is 2.02. The Bertz CT molecular complexity index is 388. The SMILES string of the molecule is CC[C@H]1C(=NO)SCC1Cc1cncn1C. The maximum Gasteiger partial charge on any atom is 0.116 e. The van der Waals surface area contributed by atoms with E-state index in [0.717, 1.165) is 23.6 Å². The topological polar surface area (TPSA) is 50.4 Å². The zero-order valence-corrected chi connectivity index (χ0v) is 10.4. The van der Waals surface area contributed by atoms with E-state index in [1.807, 2.05) is 19.6 Å². The van der Waals surface area contributed by atoms with Gasteiger partial charge >= 0.3 is 0 Å². The molecule has 16 heavy (non-hydrogen) atoms. The van der Waals surface area contributed by atoms with Crippen LogP contribution in [0.5, 0.6) is 0 Å². The first kappa shape index (κ1) is 11.5. The number of hydrogen-bond donors (Lipinski definition) is 1. The summed E-state index contributed by atoms with van der Waals surface area (Å²) in [6, 6.07) is 0. The van der Waals surface area contributed by atoms with E-state index < -0.39 is 0 Å². The number of imidazole rings is 1. The third kappa shape index (κ3) is 2.09. The lowest BCUT2D eigenvalue weighted by Gasteiger charge is -2.16. The predicted octanol–water partition coefficient (Wildman–Crippen LogP) is 2.14. The van der Waals surface area contributed by atoms with Crippen molar-refractivity contribution in [3.05, 3.63) is 18.2 Å². The van der Waals surface area contributed by atoms with Gasteiger partial charge in [0.25, 0.3) is 0 Å². The van der Waals surface area contributed by atoms with Crippen LogP contribution in [0.3, 0.4) is 0 Å². The van der Waals surface area contributed by atoms with Gasteiger partial charge in [0.05, 0.1) is 6.33 Å². The van der Waals surface area contributed by atoms with Gasteiger partial charge in [0.2, 0.25) is 0 Å². The van der Waals surface area contributed by atoms with E-state index in [1.54, 1.807) is 11.8 Å². The Morgan fingerprint density at radius 1 is 1.69 bits per heavy atom. The molecule has 1 aromatic rings. The maximum absolute atomic E-state index is 8.92. The van der Waals surface area contributed by atoms with Gasteiger partial charge in [-0.05, 0) is 18.8 Å². The quantitative estimate of drug-likeness (QED) is 0.649. The fourth-order valence-electron chi connectivity index (χ4n) is 2.28. The first-order chi connectivity index (χ1) is 7.76. The molecule has 1 unspecified atom stereocenters. The molecular formula is C11H17N3OS. The summed E-state index contributed by atoms with van der Waals surface area (Å²) >= 11 is 1.68. The molecule has 0 spiro atoms. The fourth-order valence-corrected chi connectivity index (χ4v) is 3.65. The molecule has 4 nitrogen and oxygen atoms in total. The van der Waals surface area contributed by atoms with E-state index in [2.05, 4.69) is 21.6 Å². The van der Waals surface area contributed by atoms with Crippen molar-refractivity contribution in [2.24, 2.45) is 24.0 Å². The highest BCUT2D eigenvalue weighted by molar-refractivity contribution is 8.14. The van der Waals surface area contributed by atoms with Crippen LogP contribution in [0.2, 0.25) is 0 Å². The number of thioether (sulfide) groups is 1. The number of aromatic nitrogens is 2. The molecule has 1 saturated heterocycles. The van der Waals surface area contributed by atoms with Crippen molar-refractivity contribution in [1.82, 2.24) is 9.55 Å². The van der Waals surface area contributed by atoms with Gasteiger partial charge in [-0.2, -0.15) is 0 Å². The van der Waals surface area contributed by atoms with Crippen LogP contribution in [-0.4, -0.2) is 25.6 Å². The molecule has 0 aliphatic carbocycles. The van der Waals surface area contributed by atoms with Gasteiger partial charge in [-0.25, -0.2) is 4.98 Å². The molecule has 1 aromatic heterocycles. The second-order valence-corrected chi connectivity index (χ2v) is 5.26. The molecule has 1 aliphatic rings. The molecule has 0 saturated carbocycles. The molecule has 0 radical (unpaired) electrons. The Kier molecular flexibility index (Phi) is 3.53. The van der Waals surface area contributed by atoms with E-state index in [9.17, 15) is 0 Å². The van der Waals surface area contributed by atoms with Gasteiger partial charge in [-0.15, -0.1) is 11.8 Å². The third-order valence-corrected chi connectivity index (χ3v) is 4.53. The summed E-state index contributed by atoms with van der Waals surface area (Å²) in [5.74, 6) is 2.02. The maximum atomic E-state index is 8.92. The average molecular weight is 239 g/mol. The summed E-state index contributed by atoms with van der Waals surface area (Å²) in [6.45, 7) is 2.15. The highest BCUT2D eigenvalue weighted by atomic mass is 32.2. The predicted molar refractivity (Wildman–Crippen MR) is 65.9 cm³/mol. The molecule has 1 N–H and O–H groups in total. The molecule has 88 valence electrons. The van der Waals surface area contributed by atoms with Gasteiger partial charge in [-0.1, -0.05) is 12.1 Å². The van der Waals surface area contributed by atoms with Crippen molar-refractivity contribution in [2.75, 3.05) is 5.75 Å². The van der Waals surface area contributed by atoms with Crippen molar-refractivity contribution in [3.63, 3.8) is 0 Å². The van der Waals surface area contributed by atoms with Crippen LogP contribution >= 0.6 is 11.8 Å². The van der Waals surface area contributed by atoms with Crippen LogP contribution in [0.1, 0.15) is 19.0 Å². The molecule has 1 aliphatic heterocycles. The molecule has 2 atom stereocenters. The summed E-state index contributed by atoms with van der Waals surface area (Å²) in [5, 5.41) is 13.2. The lowest BCUT2D eigenvalue weighted by molar-refractivity contribution is 0.313. The summed E-state index contributed by atoms with van der Waals surface area (Å²) < 4.78 is 2.06. The van der Waals surface area contributed by atoms with Gasteiger partial charge in [0.15, 0.2) is 0 Å². The van der Waals surface area contributed by atoms with E-state index >= 15 is 0 Å². The molecule has 2 heterocycles. The van der Waals surface area contributed by atoms with Crippen LogP contribution in [0.25, 0.3) is 0 Å². The van der Waals surface area contributed by atoms with Gasteiger partial charge < -0.3 is 9.77 Å². The normalized spacial score (nSPS) is 27.8. The Morgan fingerprint density at radius 3 is 3.06 bits per heavy atom. The molecular weight excluding hydrogens is 222 g/mol. The molecule has 5 heteroatoms. The van der Waals surface area contributed by atoms with Crippen LogP contribution < -0.4 is 0 Å². The first-order valence-electron chi connectivity index (χ1n) is 5.56. The zero-order chi connectivity index (χ0) is 11.5. The fraction of sp³-hybridized carbons (Fsp3) is 0.636. The smallest absolute Gasteiger partial charge is 0.116 e. The Morgan fingerprint density at radius 2 is 2.50 bits per heavy atom. The second-order valence-electron chi connectivity index (χ2n) is 4.22. The number of oxime groups is 1. The van der Waals surface area contributed by atoms with Gasteiger partial charge in [0, 0.05) is 30.6 Å². The molecule has 0 amide bonds. The number of hydrogen-bond acceptors (Lipinski definition) is 4. The van der Waals surface area contributed by atoms with Crippen molar-refractivity contribution >= 4 is 16.8 Å². The summed E-state index contributed by atoms with van der Waals surface area (Å²) in [4.78, 5) is 4.13. The van der Waals surface area contributed by atoms with Crippen LogP contribution in [0.15, 0.2) is 17.7 Å². The van der Waals surface area contributed by atoms with Crippen molar-refractivity contribution < 1.29 is 5.21 Å². The lowest BCUT2D eigenvalue weighted by Crippen LogP contribution is -2.18. The van der Waals surface area contributed by atoms with E-state index in [4.69, 9.17) is 5.21 Å². The highest BCUT2D eigenvalue weighted by Gasteiger charge is 2.33. The van der Waals surface area contributed by atoms with Crippen molar-refractivity contribution in [3.8, 4) is 0 Å². The van der Waals surface area contributed by atoms with Crippen LogP contribution in [-0.2, 0) is 13.5 Å². The largest absolute Gasteiger partial charge is 0.410 e. The lowest BCUT2D eigenvalue weighted by atomic mass is 9.89. The summed E-state index contributed by atoms with van der Waals surface area (Å²) in [5.41, 5.74) is 1.25. The Labute approximate surface area is 99.8 Å².